The molecule has 0 saturated carbocycles. The number of rotatable bonds is 6. The normalized spacial score (nSPS) is 11.0. The van der Waals surface area contributed by atoms with Gasteiger partial charge in [0.25, 0.3) is 15.9 Å². The highest BCUT2D eigenvalue weighted by Crippen LogP contribution is 2.28. The Morgan fingerprint density at radius 1 is 1.17 bits per heavy atom. The predicted molar refractivity (Wildman–Crippen MR) is 93.0 cm³/mol. The summed E-state index contributed by atoms with van der Waals surface area (Å²) in [5.74, 6) is -0.0849. The monoisotopic (exact) mass is 368 g/mol. The molecular formula is C16H17ClN2O4S. The number of ether oxygens (including phenoxy) is 1. The van der Waals surface area contributed by atoms with E-state index in [2.05, 4.69) is 10.0 Å². The van der Waals surface area contributed by atoms with Gasteiger partial charge in [0.2, 0.25) is 0 Å². The first-order valence-electron chi connectivity index (χ1n) is 7.04. The second kappa shape index (κ2) is 7.55. The molecule has 0 unspecified atom stereocenters. The number of nitrogens with one attached hydrogen (secondary N) is 2. The first-order valence-corrected chi connectivity index (χ1v) is 8.90. The highest BCUT2D eigenvalue weighted by Gasteiger charge is 2.16. The van der Waals surface area contributed by atoms with Gasteiger partial charge in [-0.3, -0.25) is 9.52 Å². The maximum Gasteiger partial charge on any atom is 0.261 e. The lowest BCUT2D eigenvalue weighted by Gasteiger charge is -2.11. The molecule has 0 aromatic heterocycles. The van der Waals surface area contributed by atoms with Gasteiger partial charge in [-0.1, -0.05) is 29.3 Å². The number of aryl methyl sites for hydroxylation is 1. The quantitative estimate of drug-likeness (QED) is 0.820. The van der Waals surface area contributed by atoms with Crippen LogP contribution in [0.2, 0.25) is 5.02 Å². The molecule has 2 aromatic rings. The van der Waals surface area contributed by atoms with Crippen molar-refractivity contribution in [1.82, 2.24) is 5.32 Å². The fourth-order valence-electron chi connectivity index (χ4n) is 1.82. The standard InChI is InChI=1S/C16H17ClN2O4S/c1-11-3-5-12(6-4-11)19-24(21,22)13-7-8-15(14(17)9-13)23-10-16(20)18-2/h3-9,19H,10H2,1-2H3,(H,18,20). The molecule has 2 aromatic carbocycles. The van der Waals surface area contributed by atoms with Crippen LogP contribution in [0.25, 0.3) is 0 Å². The Kier molecular flexibility index (Phi) is 5.69. The highest BCUT2D eigenvalue weighted by atomic mass is 35.5. The number of sulfonamides is 1. The third-order valence-electron chi connectivity index (χ3n) is 3.16. The molecule has 0 radical (unpaired) electrons. The lowest BCUT2D eigenvalue weighted by molar-refractivity contribution is -0.122. The second-order valence-electron chi connectivity index (χ2n) is 5.03. The highest BCUT2D eigenvalue weighted by molar-refractivity contribution is 7.92. The van der Waals surface area contributed by atoms with Crippen molar-refractivity contribution in [3.8, 4) is 5.75 Å². The van der Waals surface area contributed by atoms with Gasteiger partial charge in [-0.25, -0.2) is 8.42 Å². The van der Waals surface area contributed by atoms with Crippen molar-refractivity contribution in [2.24, 2.45) is 0 Å². The summed E-state index contributed by atoms with van der Waals surface area (Å²) < 4.78 is 32.5. The van der Waals surface area contributed by atoms with E-state index in [1.54, 1.807) is 24.3 Å². The molecule has 2 N–H and O–H groups in total. The third-order valence-corrected chi connectivity index (χ3v) is 4.83. The van der Waals surface area contributed by atoms with Crippen molar-refractivity contribution >= 4 is 33.2 Å². The Hall–Kier alpha value is -2.25. The van der Waals surface area contributed by atoms with Crippen LogP contribution in [0.1, 0.15) is 5.56 Å². The van der Waals surface area contributed by atoms with Crippen LogP contribution in [0, 0.1) is 6.92 Å². The molecule has 0 saturated heterocycles. The number of hydrogen-bond acceptors (Lipinski definition) is 4. The smallest absolute Gasteiger partial charge is 0.261 e. The van der Waals surface area contributed by atoms with Crippen molar-refractivity contribution in [1.29, 1.82) is 0 Å². The van der Waals surface area contributed by atoms with Crippen LogP contribution in [0.5, 0.6) is 5.75 Å². The van der Waals surface area contributed by atoms with Crippen LogP contribution >= 0.6 is 11.6 Å². The van der Waals surface area contributed by atoms with E-state index < -0.39 is 10.0 Å². The first kappa shape index (κ1) is 18.1. The number of benzene rings is 2. The van der Waals surface area contributed by atoms with Gasteiger partial charge < -0.3 is 10.1 Å². The van der Waals surface area contributed by atoms with Crippen molar-refractivity contribution in [3.05, 3.63) is 53.1 Å². The number of halogens is 1. The molecule has 128 valence electrons. The van der Waals surface area contributed by atoms with E-state index in [0.29, 0.717) is 5.69 Å². The zero-order valence-electron chi connectivity index (χ0n) is 13.2. The summed E-state index contributed by atoms with van der Waals surface area (Å²) >= 11 is 6.04. The number of amides is 1. The van der Waals surface area contributed by atoms with Gasteiger partial charge in [0.05, 0.1) is 9.92 Å². The second-order valence-corrected chi connectivity index (χ2v) is 7.12. The van der Waals surface area contributed by atoms with Crippen LogP contribution in [0.15, 0.2) is 47.4 Å². The average Bonchev–Trinajstić information content (AvgIpc) is 2.55. The van der Waals surface area contributed by atoms with Crippen LogP contribution < -0.4 is 14.8 Å². The molecule has 24 heavy (non-hydrogen) atoms. The summed E-state index contributed by atoms with van der Waals surface area (Å²) in [6.45, 7) is 1.71. The maximum atomic E-state index is 12.4. The molecule has 0 aliphatic rings. The molecule has 0 spiro atoms. The molecule has 1 amide bonds. The summed E-state index contributed by atoms with van der Waals surface area (Å²) in [4.78, 5) is 11.2. The number of anilines is 1. The van der Waals surface area contributed by atoms with Gasteiger partial charge in [0.1, 0.15) is 5.75 Å². The van der Waals surface area contributed by atoms with Gasteiger partial charge >= 0.3 is 0 Å². The molecule has 0 atom stereocenters. The topological polar surface area (TPSA) is 84.5 Å². The summed E-state index contributed by atoms with van der Waals surface area (Å²) in [6.07, 6.45) is 0. The fraction of sp³-hybridized carbons (Fsp3) is 0.188. The van der Waals surface area contributed by atoms with E-state index in [9.17, 15) is 13.2 Å². The maximum absolute atomic E-state index is 12.4. The lowest BCUT2D eigenvalue weighted by atomic mass is 10.2. The Bertz CT molecular complexity index is 836. The molecule has 0 heterocycles. The van der Waals surface area contributed by atoms with Crippen molar-refractivity contribution in [2.45, 2.75) is 11.8 Å². The fourth-order valence-corrected chi connectivity index (χ4v) is 3.20. The Labute approximate surface area is 145 Å². The predicted octanol–water partition coefficient (Wildman–Crippen LogP) is 2.57. The summed E-state index contributed by atoms with van der Waals surface area (Å²) in [5.41, 5.74) is 1.48. The van der Waals surface area contributed by atoms with Crippen molar-refractivity contribution in [3.63, 3.8) is 0 Å². The average molecular weight is 369 g/mol. The SMILES string of the molecule is CNC(=O)COc1ccc(S(=O)(=O)Nc2ccc(C)cc2)cc1Cl. The zero-order chi connectivity index (χ0) is 17.7. The van der Waals surface area contributed by atoms with Gasteiger partial charge in [-0.2, -0.15) is 0 Å². The molecule has 6 nitrogen and oxygen atoms in total. The Morgan fingerprint density at radius 3 is 2.42 bits per heavy atom. The number of carbonyl (C=O) groups excluding carboxylic acids is 1. The minimum atomic E-state index is -3.77. The van der Waals surface area contributed by atoms with E-state index >= 15 is 0 Å². The van der Waals surface area contributed by atoms with E-state index in [-0.39, 0.29) is 28.2 Å². The number of carbonyl (C=O) groups is 1. The van der Waals surface area contributed by atoms with Crippen LogP contribution in [-0.2, 0) is 14.8 Å². The van der Waals surface area contributed by atoms with Gasteiger partial charge in [0.15, 0.2) is 6.61 Å². The summed E-state index contributed by atoms with van der Waals surface area (Å²) in [5, 5.41) is 2.51. The van der Waals surface area contributed by atoms with E-state index in [4.69, 9.17) is 16.3 Å². The van der Waals surface area contributed by atoms with Crippen LogP contribution in [0.3, 0.4) is 0 Å². The molecule has 0 bridgehead atoms. The molecule has 8 heteroatoms. The largest absolute Gasteiger partial charge is 0.482 e. The van der Waals surface area contributed by atoms with Crippen molar-refractivity contribution in [2.75, 3.05) is 18.4 Å². The van der Waals surface area contributed by atoms with Gasteiger partial charge in [-0.15, -0.1) is 0 Å². The summed E-state index contributed by atoms with van der Waals surface area (Å²) in [7, 11) is -2.28. The Balaban J connectivity index is 2.17. The third kappa shape index (κ3) is 4.62. The minimum Gasteiger partial charge on any atom is -0.482 e. The minimum absolute atomic E-state index is 0.000341. The Morgan fingerprint density at radius 2 is 1.83 bits per heavy atom. The number of likely N-dealkylation sites (N-methyl/N-ethyl adjacent to an activating group) is 1. The molecule has 2 rings (SSSR count). The molecule has 0 fully saturated rings. The molecular weight excluding hydrogens is 352 g/mol. The molecule has 0 aliphatic carbocycles. The summed E-state index contributed by atoms with van der Waals surface area (Å²) in [6, 6.07) is 11.0. The van der Waals surface area contributed by atoms with Gasteiger partial charge in [-0.05, 0) is 37.3 Å². The van der Waals surface area contributed by atoms with Crippen LogP contribution in [0.4, 0.5) is 5.69 Å². The number of hydrogen-bond donors (Lipinski definition) is 2. The lowest BCUT2D eigenvalue weighted by Crippen LogP contribution is -2.24. The van der Waals surface area contributed by atoms with E-state index in [0.717, 1.165) is 5.56 Å². The first-order chi connectivity index (χ1) is 11.3. The van der Waals surface area contributed by atoms with Crippen molar-refractivity contribution < 1.29 is 17.9 Å². The van der Waals surface area contributed by atoms with E-state index in [1.807, 2.05) is 6.92 Å². The zero-order valence-corrected chi connectivity index (χ0v) is 14.7. The molecule has 0 aliphatic heterocycles. The van der Waals surface area contributed by atoms with Crippen LogP contribution in [-0.4, -0.2) is 28.0 Å². The van der Waals surface area contributed by atoms with E-state index in [1.165, 1.54) is 25.2 Å². The van der Waals surface area contributed by atoms with Gasteiger partial charge in [0, 0.05) is 12.7 Å².